The Kier molecular flexibility index (Phi) is 7.42. The summed E-state index contributed by atoms with van der Waals surface area (Å²) in [6.45, 7) is 1.65. The van der Waals surface area contributed by atoms with Crippen LogP contribution in [-0.2, 0) is 21.4 Å². The highest BCUT2D eigenvalue weighted by Gasteiger charge is 2.30. The van der Waals surface area contributed by atoms with Crippen LogP contribution < -0.4 is 10.6 Å². The largest absolute Gasteiger partial charge is 0.392 e. The molecule has 2 aliphatic heterocycles. The molecule has 1 aromatic carbocycles. The lowest BCUT2D eigenvalue weighted by Crippen LogP contribution is -2.40. The van der Waals surface area contributed by atoms with Gasteiger partial charge < -0.3 is 15.7 Å². The number of carbonyl (C=O) groups is 1. The third-order valence-electron chi connectivity index (χ3n) is 4.78. The molecule has 2 atom stereocenters. The molecule has 3 rings (SSSR count). The van der Waals surface area contributed by atoms with E-state index in [-0.39, 0.29) is 29.8 Å². The van der Waals surface area contributed by atoms with Crippen molar-refractivity contribution in [1.29, 1.82) is 0 Å². The van der Waals surface area contributed by atoms with Crippen molar-refractivity contribution in [3.8, 4) is 0 Å². The van der Waals surface area contributed by atoms with Crippen molar-refractivity contribution in [2.75, 3.05) is 19.6 Å². The first-order chi connectivity index (χ1) is 12.0. The topological polar surface area (TPSA) is 98.7 Å². The third kappa shape index (κ3) is 4.75. The minimum Gasteiger partial charge on any atom is -0.392 e. The molecule has 2 aliphatic rings. The van der Waals surface area contributed by atoms with E-state index < -0.39 is 22.2 Å². The molecule has 0 spiro atoms. The number of sulfonamides is 1. The van der Waals surface area contributed by atoms with Gasteiger partial charge in [-0.25, -0.2) is 8.42 Å². The molecule has 0 aliphatic carbocycles. The zero-order chi connectivity index (χ0) is 17.9. The molecule has 146 valence electrons. The predicted molar refractivity (Wildman–Crippen MR) is 101 cm³/mol. The van der Waals surface area contributed by atoms with Crippen LogP contribution in [-0.4, -0.2) is 55.5 Å². The minimum absolute atomic E-state index is 0. The minimum atomic E-state index is -3.54. The molecule has 2 heterocycles. The molecule has 0 aromatic heterocycles. The lowest BCUT2D eigenvalue weighted by molar-refractivity contribution is -0.123. The Morgan fingerprint density at radius 2 is 1.92 bits per heavy atom. The van der Waals surface area contributed by atoms with Gasteiger partial charge in [0, 0.05) is 26.2 Å². The normalized spacial score (nSPS) is 24.0. The van der Waals surface area contributed by atoms with E-state index in [1.165, 1.54) is 4.31 Å². The summed E-state index contributed by atoms with van der Waals surface area (Å²) in [5, 5.41) is 15.2. The summed E-state index contributed by atoms with van der Waals surface area (Å²) >= 11 is 0. The molecule has 9 heteroatoms. The summed E-state index contributed by atoms with van der Waals surface area (Å²) < 4.78 is 27.4. The maximum absolute atomic E-state index is 12.9. The molecule has 7 nitrogen and oxygen atoms in total. The Labute approximate surface area is 160 Å². The van der Waals surface area contributed by atoms with Crippen LogP contribution in [0.2, 0.25) is 0 Å². The number of halogens is 1. The van der Waals surface area contributed by atoms with E-state index in [0.29, 0.717) is 31.6 Å². The summed E-state index contributed by atoms with van der Waals surface area (Å²) in [6, 6.07) is 6.38. The second-order valence-corrected chi connectivity index (χ2v) is 8.55. The molecule has 0 radical (unpaired) electrons. The standard InChI is InChI=1S/C17H25N3O4S.ClH/c21-14-10-15(18-12-14)17(22)19-11-13-6-2-3-7-16(13)25(23,24)20-8-4-1-5-9-20;/h2-3,6-7,14-15,18,21H,1,4-5,8-12H2,(H,19,22);1H. The molecule has 0 saturated carbocycles. The van der Waals surface area contributed by atoms with Crippen molar-refractivity contribution in [3.63, 3.8) is 0 Å². The average molecular weight is 404 g/mol. The van der Waals surface area contributed by atoms with Crippen LogP contribution in [0.3, 0.4) is 0 Å². The zero-order valence-corrected chi connectivity index (χ0v) is 16.2. The molecule has 2 fully saturated rings. The fraction of sp³-hybridized carbons (Fsp3) is 0.588. The highest BCUT2D eigenvalue weighted by Crippen LogP contribution is 2.23. The number of hydrogen-bond acceptors (Lipinski definition) is 5. The molecule has 1 aromatic rings. The van der Waals surface area contributed by atoms with Gasteiger partial charge in [0.25, 0.3) is 0 Å². The Morgan fingerprint density at radius 3 is 2.58 bits per heavy atom. The molecule has 0 bridgehead atoms. The van der Waals surface area contributed by atoms with E-state index in [1.807, 2.05) is 0 Å². The Balaban J connectivity index is 0.00000243. The zero-order valence-electron chi connectivity index (χ0n) is 14.6. The van der Waals surface area contributed by atoms with Crippen LogP contribution in [0.4, 0.5) is 0 Å². The fourth-order valence-corrected chi connectivity index (χ4v) is 5.11. The Bertz CT molecular complexity index is 722. The van der Waals surface area contributed by atoms with E-state index >= 15 is 0 Å². The van der Waals surface area contributed by atoms with Crippen LogP contribution >= 0.6 is 12.4 Å². The van der Waals surface area contributed by atoms with Gasteiger partial charge in [0.05, 0.1) is 17.0 Å². The molecule has 2 unspecified atom stereocenters. The van der Waals surface area contributed by atoms with E-state index in [4.69, 9.17) is 0 Å². The second-order valence-electron chi connectivity index (χ2n) is 6.64. The Hall–Kier alpha value is -1.19. The van der Waals surface area contributed by atoms with Crippen LogP contribution in [0, 0.1) is 0 Å². The smallest absolute Gasteiger partial charge is 0.243 e. The van der Waals surface area contributed by atoms with Gasteiger partial charge in [-0.1, -0.05) is 24.6 Å². The number of nitrogens with one attached hydrogen (secondary N) is 2. The highest BCUT2D eigenvalue weighted by molar-refractivity contribution is 7.89. The molecular formula is C17H26ClN3O4S. The molecule has 26 heavy (non-hydrogen) atoms. The van der Waals surface area contributed by atoms with Crippen molar-refractivity contribution >= 4 is 28.3 Å². The summed E-state index contributed by atoms with van der Waals surface area (Å²) in [6.07, 6.45) is 2.69. The monoisotopic (exact) mass is 403 g/mol. The van der Waals surface area contributed by atoms with Crippen LogP contribution in [0.5, 0.6) is 0 Å². The number of carbonyl (C=O) groups excluding carboxylic acids is 1. The molecule has 2 saturated heterocycles. The summed E-state index contributed by atoms with van der Waals surface area (Å²) in [7, 11) is -3.54. The summed E-state index contributed by atoms with van der Waals surface area (Å²) in [5.41, 5.74) is 0.583. The van der Waals surface area contributed by atoms with Crippen molar-refractivity contribution in [1.82, 2.24) is 14.9 Å². The summed E-state index contributed by atoms with van der Waals surface area (Å²) in [4.78, 5) is 12.4. The van der Waals surface area contributed by atoms with Crippen molar-refractivity contribution < 1.29 is 18.3 Å². The number of aliphatic hydroxyl groups is 1. The lowest BCUT2D eigenvalue weighted by Gasteiger charge is -2.27. The number of amides is 1. The SMILES string of the molecule is Cl.O=C(NCc1ccccc1S(=O)(=O)N1CCCCC1)C1CC(O)CN1. The van der Waals surface area contributed by atoms with Gasteiger partial charge in [0.15, 0.2) is 0 Å². The van der Waals surface area contributed by atoms with Gasteiger partial charge in [-0.3, -0.25) is 4.79 Å². The first-order valence-corrected chi connectivity index (χ1v) is 10.2. The van der Waals surface area contributed by atoms with Gasteiger partial charge in [0.1, 0.15) is 0 Å². The predicted octanol–water partition coefficient (Wildman–Crippen LogP) is 0.622. The average Bonchev–Trinajstić information content (AvgIpc) is 3.07. The lowest BCUT2D eigenvalue weighted by atomic mass is 10.2. The summed E-state index contributed by atoms with van der Waals surface area (Å²) in [5.74, 6) is -0.221. The Morgan fingerprint density at radius 1 is 1.23 bits per heavy atom. The molecule has 1 amide bonds. The number of aliphatic hydroxyl groups excluding tert-OH is 1. The van der Waals surface area contributed by atoms with E-state index in [2.05, 4.69) is 10.6 Å². The number of piperidine rings is 1. The number of rotatable bonds is 5. The van der Waals surface area contributed by atoms with Gasteiger partial charge in [0.2, 0.25) is 15.9 Å². The van der Waals surface area contributed by atoms with E-state index in [1.54, 1.807) is 24.3 Å². The maximum atomic E-state index is 12.9. The maximum Gasteiger partial charge on any atom is 0.243 e. The van der Waals surface area contributed by atoms with Crippen LogP contribution in [0.25, 0.3) is 0 Å². The highest BCUT2D eigenvalue weighted by atomic mass is 35.5. The number of hydrogen-bond donors (Lipinski definition) is 3. The van der Waals surface area contributed by atoms with Gasteiger partial charge in [-0.2, -0.15) is 4.31 Å². The van der Waals surface area contributed by atoms with Crippen molar-refractivity contribution in [2.45, 2.75) is 49.3 Å². The molecule has 3 N–H and O–H groups in total. The number of benzene rings is 1. The first kappa shape index (κ1) is 21.1. The van der Waals surface area contributed by atoms with Gasteiger partial charge in [-0.15, -0.1) is 12.4 Å². The van der Waals surface area contributed by atoms with E-state index in [9.17, 15) is 18.3 Å². The number of β-amino-alcohol motifs (C(OH)–C–C–N with tert-alkyl or cyclic N) is 1. The van der Waals surface area contributed by atoms with Crippen LogP contribution in [0.1, 0.15) is 31.2 Å². The molecular weight excluding hydrogens is 378 g/mol. The van der Waals surface area contributed by atoms with Crippen molar-refractivity contribution in [2.24, 2.45) is 0 Å². The van der Waals surface area contributed by atoms with Crippen LogP contribution in [0.15, 0.2) is 29.2 Å². The first-order valence-electron chi connectivity index (χ1n) is 8.75. The fourth-order valence-electron chi connectivity index (χ4n) is 3.37. The van der Waals surface area contributed by atoms with Crippen molar-refractivity contribution in [3.05, 3.63) is 29.8 Å². The number of nitrogens with zero attached hydrogens (tertiary/aromatic N) is 1. The van der Waals surface area contributed by atoms with E-state index in [0.717, 1.165) is 19.3 Å². The quantitative estimate of drug-likeness (QED) is 0.669. The van der Waals surface area contributed by atoms with Gasteiger partial charge >= 0.3 is 0 Å². The van der Waals surface area contributed by atoms with Gasteiger partial charge in [-0.05, 0) is 30.9 Å². The second kappa shape index (κ2) is 9.14. The third-order valence-corrected chi connectivity index (χ3v) is 6.78.